The highest BCUT2D eigenvalue weighted by Gasteiger charge is 2.17. The summed E-state index contributed by atoms with van der Waals surface area (Å²) in [5.74, 6) is -1.80. The van der Waals surface area contributed by atoms with Crippen LogP contribution in [0.25, 0.3) is 11.1 Å². The molecule has 7 heteroatoms. The van der Waals surface area contributed by atoms with Gasteiger partial charge in [-0.2, -0.15) is 0 Å². The minimum atomic E-state index is -3.07. The topological polar surface area (TPSA) is 94.9 Å². The molecule has 27 heavy (non-hydrogen) atoms. The van der Waals surface area contributed by atoms with Gasteiger partial charge in [-0.05, 0) is 42.3 Å². The van der Waals surface area contributed by atoms with Gasteiger partial charge in [-0.3, -0.25) is 0 Å². The Bertz CT molecular complexity index is 1070. The third-order valence-corrected chi connectivity index (χ3v) is 4.88. The van der Waals surface area contributed by atoms with Gasteiger partial charge >= 0.3 is 5.97 Å². The highest BCUT2D eigenvalue weighted by Crippen LogP contribution is 2.32. The molecule has 0 radical (unpaired) electrons. The molecule has 2 N–H and O–H groups in total. The molecule has 138 valence electrons. The molecular formula is C20H17NO5S. The molecule has 0 spiro atoms. The average molecular weight is 383 g/mol. The fourth-order valence-electron chi connectivity index (χ4n) is 2.73. The van der Waals surface area contributed by atoms with E-state index in [2.05, 4.69) is 0 Å². The number of benzene rings is 3. The van der Waals surface area contributed by atoms with E-state index >= 15 is 0 Å². The van der Waals surface area contributed by atoms with Crippen LogP contribution in [-0.4, -0.2) is 24.6 Å². The maximum absolute atomic E-state index is 11.9. The number of aromatic hydroxyl groups is 1. The van der Waals surface area contributed by atoms with Crippen LogP contribution in [0.3, 0.4) is 0 Å². The van der Waals surface area contributed by atoms with Crippen molar-refractivity contribution < 1.29 is 23.4 Å². The Morgan fingerprint density at radius 1 is 0.889 bits per heavy atom. The second-order valence-electron chi connectivity index (χ2n) is 5.97. The third kappa shape index (κ3) is 3.93. The number of anilines is 2. The number of hydrogen-bond acceptors (Lipinski definition) is 4. The molecule has 0 unspecified atom stereocenters. The number of phenols is 1. The first-order valence-corrected chi connectivity index (χ1v) is 9.17. The van der Waals surface area contributed by atoms with Gasteiger partial charge in [-0.15, -0.1) is 0 Å². The average Bonchev–Trinajstić information content (AvgIpc) is 2.62. The van der Waals surface area contributed by atoms with E-state index in [1.54, 1.807) is 18.2 Å². The van der Waals surface area contributed by atoms with E-state index < -0.39 is 22.6 Å². The zero-order valence-corrected chi connectivity index (χ0v) is 15.3. The quantitative estimate of drug-likeness (QED) is 0.584. The van der Waals surface area contributed by atoms with Crippen molar-refractivity contribution in [2.45, 2.75) is 6.92 Å². The van der Waals surface area contributed by atoms with Crippen molar-refractivity contribution >= 4 is 28.2 Å². The maximum Gasteiger partial charge on any atom is 0.339 e. The lowest BCUT2D eigenvalue weighted by Gasteiger charge is -2.19. The second-order valence-corrected chi connectivity index (χ2v) is 6.85. The van der Waals surface area contributed by atoms with Gasteiger partial charge in [-0.25, -0.2) is 17.5 Å². The molecule has 0 saturated heterocycles. The number of rotatable bonds is 5. The Morgan fingerprint density at radius 3 is 2.15 bits per heavy atom. The summed E-state index contributed by atoms with van der Waals surface area (Å²) in [7, 11) is -3.07. The van der Waals surface area contributed by atoms with Gasteiger partial charge in [0.05, 0.1) is 11.4 Å². The molecule has 0 heterocycles. The standard InChI is InChI=1S/C20H17NO5S/c1-13-5-7-14(8-6-13)15-3-2-4-16(11-15)21(27(25)26)17-9-10-18(20(23)24)19(22)12-17/h2-12,22,27H,1H3,(H,23,24). The van der Waals surface area contributed by atoms with Crippen LogP contribution < -0.4 is 4.31 Å². The fourth-order valence-corrected chi connectivity index (χ4v) is 3.36. The number of aromatic carboxylic acids is 1. The number of aryl methyl sites for hydroxylation is 1. The number of carboxylic acid groups (broad SMARTS) is 1. The number of thiol groups is 1. The summed E-state index contributed by atoms with van der Waals surface area (Å²) in [6.45, 7) is 1.98. The molecule has 6 nitrogen and oxygen atoms in total. The minimum Gasteiger partial charge on any atom is -0.507 e. The summed E-state index contributed by atoms with van der Waals surface area (Å²) in [5, 5.41) is 18.9. The van der Waals surface area contributed by atoms with Crippen molar-refractivity contribution in [3.8, 4) is 16.9 Å². The Labute approximate surface area is 158 Å². The van der Waals surface area contributed by atoms with Crippen LogP contribution in [0.4, 0.5) is 11.4 Å². The van der Waals surface area contributed by atoms with E-state index in [9.17, 15) is 18.3 Å². The molecule has 3 rings (SSSR count). The predicted octanol–water partition coefficient (Wildman–Crippen LogP) is 3.73. The van der Waals surface area contributed by atoms with Crippen molar-refractivity contribution in [3.63, 3.8) is 0 Å². The fraction of sp³-hybridized carbons (Fsp3) is 0.0500. The van der Waals surface area contributed by atoms with E-state index in [-0.39, 0.29) is 11.3 Å². The van der Waals surface area contributed by atoms with E-state index in [0.29, 0.717) is 5.69 Å². The van der Waals surface area contributed by atoms with Gasteiger partial charge in [0.25, 0.3) is 0 Å². The smallest absolute Gasteiger partial charge is 0.339 e. The van der Waals surface area contributed by atoms with Crippen LogP contribution in [0.5, 0.6) is 5.75 Å². The second kappa shape index (κ2) is 7.51. The molecule has 0 fully saturated rings. The zero-order valence-electron chi connectivity index (χ0n) is 14.4. The largest absolute Gasteiger partial charge is 0.507 e. The molecular weight excluding hydrogens is 366 g/mol. The van der Waals surface area contributed by atoms with Crippen molar-refractivity contribution in [3.05, 3.63) is 77.9 Å². The van der Waals surface area contributed by atoms with Gasteiger partial charge in [0.1, 0.15) is 11.3 Å². The molecule has 0 amide bonds. The summed E-state index contributed by atoms with van der Waals surface area (Å²) >= 11 is 0. The first kappa shape index (κ1) is 18.5. The molecule has 0 aromatic heterocycles. The summed E-state index contributed by atoms with van der Waals surface area (Å²) in [5.41, 5.74) is 3.12. The van der Waals surface area contributed by atoms with Gasteiger partial charge in [-0.1, -0.05) is 42.0 Å². The normalized spacial score (nSPS) is 10.7. The van der Waals surface area contributed by atoms with E-state index in [4.69, 9.17) is 5.11 Å². The lowest BCUT2D eigenvalue weighted by atomic mass is 10.0. The number of hydrogen-bond donors (Lipinski definition) is 3. The van der Waals surface area contributed by atoms with E-state index in [0.717, 1.165) is 27.1 Å². The molecule has 0 aliphatic carbocycles. The first-order valence-electron chi connectivity index (χ1n) is 8.04. The summed E-state index contributed by atoms with van der Waals surface area (Å²) in [4.78, 5) is 11.0. The van der Waals surface area contributed by atoms with Crippen molar-refractivity contribution in [2.24, 2.45) is 0 Å². The zero-order chi connectivity index (χ0) is 19.6. The van der Waals surface area contributed by atoms with Crippen LogP contribution in [0.15, 0.2) is 66.7 Å². The number of carboxylic acids is 1. The summed E-state index contributed by atoms with van der Waals surface area (Å²) in [6, 6.07) is 18.4. The van der Waals surface area contributed by atoms with E-state index in [1.807, 2.05) is 37.3 Å². The summed E-state index contributed by atoms with van der Waals surface area (Å²) in [6.07, 6.45) is 0. The van der Waals surface area contributed by atoms with Crippen LogP contribution in [0.1, 0.15) is 15.9 Å². The van der Waals surface area contributed by atoms with Gasteiger partial charge in [0.2, 0.25) is 10.9 Å². The lowest BCUT2D eigenvalue weighted by Crippen LogP contribution is -2.14. The number of carbonyl (C=O) groups is 1. The minimum absolute atomic E-state index is 0.148. The predicted molar refractivity (Wildman–Crippen MR) is 104 cm³/mol. The molecule has 0 bridgehead atoms. The van der Waals surface area contributed by atoms with Crippen LogP contribution >= 0.6 is 0 Å². The molecule has 0 aliphatic rings. The SMILES string of the molecule is Cc1ccc(-c2cccc(N(c3ccc(C(=O)O)c(O)c3)[SH](=O)=O)c2)cc1. The Balaban J connectivity index is 2.06. The Hall–Kier alpha value is -3.32. The van der Waals surface area contributed by atoms with Gasteiger partial charge < -0.3 is 10.2 Å². The van der Waals surface area contributed by atoms with Crippen molar-refractivity contribution in [1.82, 2.24) is 0 Å². The highest BCUT2D eigenvalue weighted by molar-refractivity contribution is 7.74. The number of nitrogens with zero attached hydrogens (tertiary/aromatic N) is 1. The highest BCUT2D eigenvalue weighted by atomic mass is 32.2. The third-order valence-electron chi connectivity index (χ3n) is 4.10. The van der Waals surface area contributed by atoms with Crippen molar-refractivity contribution in [1.29, 1.82) is 0 Å². The van der Waals surface area contributed by atoms with Crippen molar-refractivity contribution in [2.75, 3.05) is 4.31 Å². The lowest BCUT2D eigenvalue weighted by molar-refractivity contribution is 0.0694. The molecule has 0 saturated carbocycles. The van der Waals surface area contributed by atoms with Gasteiger partial charge in [0, 0.05) is 6.07 Å². The molecule has 0 atom stereocenters. The van der Waals surface area contributed by atoms with Crippen LogP contribution in [0, 0.1) is 6.92 Å². The molecule has 3 aromatic rings. The maximum atomic E-state index is 11.9. The monoisotopic (exact) mass is 383 g/mol. The molecule has 0 aliphatic heterocycles. The Kier molecular flexibility index (Phi) is 5.14. The molecule has 3 aromatic carbocycles. The van der Waals surface area contributed by atoms with Crippen LogP contribution in [0.2, 0.25) is 0 Å². The van der Waals surface area contributed by atoms with E-state index in [1.165, 1.54) is 12.1 Å². The van der Waals surface area contributed by atoms with Crippen LogP contribution in [-0.2, 0) is 10.9 Å². The first-order chi connectivity index (χ1) is 12.9. The van der Waals surface area contributed by atoms with Gasteiger partial charge in [0.15, 0.2) is 0 Å². The summed E-state index contributed by atoms with van der Waals surface area (Å²) < 4.78 is 24.8. The Morgan fingerprint density at radius 2 is 1.56 bits per heavy atom.